The molecule has 5 nitrogen and oxygen atoms in total. The van der Waals surface area contributed by atoms with Gasteiger partial charge in [0.2, 0.25) is 0 Å². The van der Waals surface area contributed by atoms with E-state index in [4.69, 9.17) is 0 Å². The highest BCUT2D eigenvalue weighted by atomic mass is 17.0. The first-order valence-electron chi connectivity index (χ1n) is 3.65. The van der Waals surface area contributed by atoms with Crippen LogP contribution in [0.3, 0.4) is 0 Å². The quantitative estimate of drug-likeness (QED) is 0.562. The first kappa shape index (κ1) is 7.60. The van der Waals surface area contributed by atoms with Gasteiger partial charge in [0.05, 0.1) is 0 Å². The Morgan fingerprint density at radius 3 is 3.00 bits per heavy atom. The van der Waals surface area contributed by atoms with Gasteiger partial charge in [0.1, 0.15) is 5.75 Å². The second kappa shape index (κ2) is 2.78. The summed E-state index contributed by atoms with van der Waals surface area (Å²) < 4.78 is 0. The largest absolute Gasteiger partial charge is 0.361 e. The molecule has 0 aliphatic carbocycles. The molecule has 1 aromatic carbocycles. The Labute approximate surface area is 73.0 Å². The van der Waals surface area contributed by atoms with Crippen molar-refractivity contribution >= 4 is 10.9 Å². The molecule has 66 valence electrons. The van der Waals surface area contributed by atoms with Crippen LogP contribution in [0, 0.1) is 10.1 Å². The Morgan fingerprint density at radius 2 is 2.23 bits per heavy atom. The van der Waals surface area contributed by atoms with Crippen molar-refractivity contribution in [2.45, 2.75) is 0 Å². The van der Waals surface area contributed by atoms with E-state index >= 15 is 0 Å². The summed E-state index contributed by atoms with van der Waals surface area (Å²) in [5.74, 6) is 0.233. The Bertz CT molecular complexity index is 449. The van der Waals surface area contributed by atoms with Crippen LogP contribution in [0.15, 0.2) is 30.5 Å². The van der Waals surface area contributed by atoms with E-state index < -0.39 is 5.09 Å². The van der Waals surface area contributed by atoms with Crippen LogP contribution in [0.1, 0.15) is 0 Å². The summed E-state index contributed by atoms with van der Waals surface area (Å²) in [5, 5.41) is 10.1. The van der Waals surface area contributed by atoms with Crippen LogP contribution in [0.2, 0.25) is 0 Å². The third-order valence-corrected chi connectivity index (χ3v) is 1.70. The molecule has 0 saturated carbocycles. The summed E-state index contributed by atoms with van der Waals surface area (Å²) in [6.07, 6.45) is 1.76. The number of hydrogen-bond donors (Lipinski definition) is 1. The zero-order chi connectivity index (χ0) is 9.26. The zero-order valence-corrected chi connectivity index (χ0v) is 6.56. The minimum absolute atomic E-state index is 0.233. The average Bonchev–Trinajstić information content (AvgIpc) is 2.49. The number of benzene rings is 1. The molecule has 1 aromatic heterocycles. The fraction of sp³-hybridized carbons (Fsp3) is 0. The number of aromatic amines is 1. The molecule has 0 saturated heterocycles. The minimum atomic E-state index is -0.826. The highest BCUT2D eigenvalue weighted by molar-refractivity contribution is 5.80. The van der Waals surface area contributed by atoms with Gasteiger partial charge >= 0.3 is 0 Å². The summed E-state index contributed by atoms with van der Waals surface area (Å²) in [7, 11) is 0. The van der Waals surface area contributed by atoms with Gasteiger partial charge in [0, 0.05) is 17.1 Å². The second-order valence-corrected chi connectivity index (χ2v) is 2.54. The van der Waals surface area contributed by atoms with E-state index in [2.05, 4.69) is 9.82 Å². The van der Waals surface area contributed by atoms with E-state index in [-0.39, 0.29) is 5.75 Å². The monoisotopic (exact) mass is 178 g/mol. The minimum Gasteiger partial charge on any atom is -0.361 e. The van der Waals surface area contributed by atoms with Crippen molar-refractivity contribution in [2.24, 2.45) is 0 Å². The summed E-state index contributed by atoms with van der Waals surface area (Å²) in [5.41, 5.74) is 0.927. The van der Waals surface area contributed by atoms with Crippen molar-refractivity contribution in [3.05, 3.63) is 40.6 Å². The van der Waals surface area contributed by atoms with Crippen LogP contribution >= 0.6 is 0 Å². The Hall–Kier alpha value is -2.04. The lowest BCUT2D eigenvalue weighted by atomic mass is 10.2. The molecule has 13 heavy (non-hydrogen) atoms. The molecule has 0 aliphatic heterocycles. The average molecular weight is 178 g/mol. The zero-order valence-electron chi connectivity index (χ0n) is 6.56. The number of aromatic nitrogens is 1. The maximum atomic E-state index is 10.0. The summed E-state index contributed by atoms with van der Waals surface area (Å²) in [4.78, 5) is 17.3. The fourth-order valence-corrected chi connectivity index (χ4v) is 1.17. The summed E-state index contributed by atoms with van der Waals surface area (Å²) >= 11 is 0. The number of H-pyrrole nitrogens is 1. The van der Waals surface area contributed by atoms with Gasteiger partial charge in [-0.2, -0.15) is 0 Å². The third-order valence-electron chi connectivity index (χ3n) is 1.70. The van der Waals surface area contributed by atoms with Crippen LogP contribution in [0.4, 0.5) is 0 Å². The lowest BCUT2D eigenvalue weighted by molar-refractivity contribution is -0.711. The van der Waals surface area contributed by atoms with E-state index in [9.17, 15) is 10.1 Å². The van der Waals surface area contributed by atoms with Crippen LogP contribution < -0.4 is 4.84 Å². The standard InChI is InChI=1S/C8H6N2O3/c11-10(12)13-7-1-2-8-6(5-7)3-4-9-8/h1-5,9H. The number of fused-ring (bicyclic) bond motifs is 1. The van der Waals surface area contributed by atoms with Gasteiger partial charge in [-0.3, -0.25) is 4.84 Å². The van der Waals surface area contributed by atoms with E-state index in [0.717, 1.165) is 10.9 Å². The molecule has 0 bridgehead atoms. The molecule has 0 spiro atoms. The normalized spacial score (nSPS) is 10.2. The lowest BCUT2D eigenvalue weighted by Gasteiger charge is -1.96. The van der Waals surface area contributed by atoms with Crippen molar-refractivity contribution in [1.82, 2.24) is 4.98 Å². The smallest absolute Gasteiger partial charge is 0.299 e. The number of nitrogens with one attached hydrogen (secondary N) is 1. The molecule has 1 heterocycles. The Balaban J connectivity index is 2.42. The fourth-order valence-electron chi connectivity index (χ4n) is 1.17. The Morgan fingerprint density at radius 1 is 1.38 bits per heavy atom. The SMILES string of the molecule is O=[N+]([O-])Oc1ccc2[nH]ccc2c1. The number of rotatable bonds is 2. The summed E-state index contributed by atoms with van der Waals surface area (Å²) in [6, 6.07) is 6.70. The topological polar surface area (TPSA) is 68.2 Å². The molecule has 0 aliphatic rings. The molecule has 0 amide bonds. The Kier molecular flexibility index (Phi) is 1.63. The van der Waals surface area contributed by atoms with Crippen molar-refractivity contribution in [3.63, 3.8) is 0 Å². The predicted molar refractivity (Wildman–Crippen MR) is 45.9 cm³/mol. The van der Waals surface area contributed by atoms with Crippen LogP contribution in [0.25, 0.3) is 10.9 Å². The van der Waals surface area contributed by atoms with Gasteiger partial charge in [-0.05, 0) is 24.3 Å². The van der Waals surface area contributed by atoms with Gasteiger partial charge in [0.15, 0.2) is 0 Å². The van der Waals surface area contributed by atoms with Gasteiger partial charge in [0.25, 0.3) is 5.09 Å². The van der Waals surface area contributed by atoms with Gasteiger partial charge in [-0.1, -0.05) is 0 Å². The maximum Gasteiger partial charge on any atom is 0.299 e. The van der Waals surface area contributed by atoms with E-state index in [0.29, 0.717) is 0 Å². The molecule has 2 rings (SSSR count). The first-order chi connectivity index (χ1) is 6.25. The number of nitrogens with zero attached hydrogens (tertiary/aromatic N) is 1. The van der Waals surface area contributed by atoms with Crippen LogP contribution in [-0.2, 0) is 0 Å². The van der Waals surface area contributed by atoms with Crippen molar-refractivity contribution in [3.8, 4) is 5.75 Å². The molecule has 0 atom stereocenters. The van der Waals surface area contributed by atoms with Gasteiger partial charge < -0.3 is 4.98 Å². The van der Waals surface area contributed by atoms with Gasteiger partial charge in [-0.25, -0.2) is 0 Å². The van der Waals surface area contributed by atoms with Crippen molar-refractivity contribution < 1.29 is 9.92 Å². The lowest BCUT2D eigenvalue weighted by Crippen LogP contribution is -2.02. The molecular formula is C8H6N2O3. The highest BCUT2D eigenvalue weighted by Crippen LogP contribution is 2.19. The van der Waals surface area contributed by atoms with Crippen molar-refractivity contribution in [2.75, 3.05) is 0 Å². The second-order valence-electron chi connectivity index (χ2n) is 2.54. The maximum absolute atomic E-state index is 10.0. The summed E-state index contributed by atoms with van der Waals surface area (Å²) in [6.45, 7) is 0. The van der Waals surface area contributed by atoms with Crippen LogP contribution in [-0.4, -0.2) is 10.1 Å². The van der Waals surface area contributed by atoms with E-state index in [1.807, 2.05) is 6.07 Å². The third kappa shape index (κ3) is 1.44. The van der Waals surface area contributed by atoms with Crippen LogP contribution in [0.5, 0.6) is 5.75 Å². The molecule has 1 N–H and O–H groups in total. The molecule has 5 heteroatoms. The van der Waals surface area contributed by atoms with E-state index in [1.54, 1.807) is 24.4 Å². The molecule has 0 unspecified atom stereocenters. The van der Waals surface area contributed by atoms with E-state index in [1.165, 1.54) is 0 Å². The predicted octanol–water partition coefficient (Wildman–Crippen LogP) is 1.74. The number of hydrogen-bond acceptors (Lipinski definition) is 3. The molecule has 0 radical (unpaired) electrons. The molecular weight excluding hydrogens is 172 g/mol. The molecule has 2 aromatic rings. The highest BCUT2D eigenvalue weighted by Gasteiger charge is 2.00. The molecule has 0 fully saturated rings. The van der Waals surface area contributed by atoms with Crippen molar-refractivity contribution in [1.29, 1.82) is 0 Å². The first-order valence-corrected chi connectivity index (χ1v) is 3.65. The van der Waals surface area contributed by atoms with Gasteiger partial charge in [-0.15, -0.1) is 10.1 Å².